The highest BCUT2D eigenvalue weighted by Gasteiger charge is 2.22. The van der Waals surface area contributed by atoms with Crippen molar-refractivity contribution in [3.8, 4) is 0 Å². The maximum atomic E-state index is 12.7. The summed E-state index contributed by atoms with van der Waals surface area (Å²) >= 11 is 1.59. The number of fused-ring (bicyclic) bond motifs is 1. The molecular formula is C21H30N6OS. The Kier molecular flexibility index (Phi) is 7.08. The third-order valence-electron chi connectivity index (χ3n) is 5.19. The monoisotopic (exact) mass is 414 g/mol. The van der Waals surface area contributed by atoms with E-state index >= 15 is 0 Å². The van der Waals surface area contributed by atoms with Crippen molar-refractivity contribution in [1.29, 1.82) is 0 Å². The minimum absolute atomic E-state index is 0.0157. The van der Waals surface area contributed by atoms with Gasteiger partial charge in [0.15, 0.2) is 11.0 Å². The van der Waals surface area contributed by atoms with Crippen LogP contribution in [0.1, 0.15) is 50.8 Å². The van der Waals surface area contributed by atoms with Crippen LogP contribution in [-0.4, -0.2) is 43.3 Å². The molecule has 0 bridgehead atoms. The highest BCUT2D eigenvalue weighted by molar-refractivity contribution is 7.98. The van der Waals surface area contributed by atoms with Crippen molar-refractivity contribution in [1.82, 2.24) is 29.2 Å². The molecule has 0 aliphatic rings. The number of hydrogen-bond acceptors (Lipinski definition) is 6. The first kappa shape index (κ1) is 21.5. The fourth-order valence-corrected chi connectivity index (χ4v) is 4.44. The van der Waals surface area contributed by atoms with Gasteiger partial charge in [-0.25, -0.2) is 4.98 Å². The van der Waals surface area contributed by atoms with Crippen molar-refractivity contribution in [3.05, 3.63) is 46.3 Å². The third kappa shape index (κ3) is 4.53. The van der Waals surface area contributed by atoms with E-state index in [4.69, 9.17) is 4.98 Å². The lowest BCUT2D eigenvalue weighted by Crippen LogP contribution is -2.23. The van der Waals surface area contributed by atoms with E-state index in [0.29, 0.717) is 11.1 Å². The Labute approximate surface area is 176 Å². The summed E-state index contributed by atoms with van der Waals surface area (Å²) in [7, 11) is 5.94. The molecule has 0 amide bonds. The lowest BCUT2D eigenvalue weighted by molar-refractivity contribution is 0.270. The Morgan fingerprint density at radius 2 is 1.93 bits per heavy atom. The van der Waals surface area contributed by atoms with E-state index in [-0.39, 0.29) is 11.6 Å². The first-order valence-corrected chi connectivity index (χ1v) is 11.1. The molecule has 0 saturated heterocycles. The molecule has 8 heteroatoms. The molecule has 2 aromatic heterocycles. The summed E-state index contributed by atoms with van der Waals surface area (Å²) in [5.41, 5.74) is 0.719. The highest BCUT2D eigenvalue weighted by atomic mass is 32.2. The average molecular weight is 415 g/mol. The zero-order valence-electron chi connectivity index (χ0n) is 17.9. The molecule has 0 radical (unpaired) electrons. The number of nitrogens with zero attached hydrogens (tertiary/aromatic N) is 6. The van der Waals surface area contributed by atoms with Crippen LogP contribution in [0.15, 0.2) is 34.2 Å². The van der Waals surface area contributed by atoms with Crippen LogP contribution in [0.5, 0.6) is 0 Å². The quantitative estimate of drug-likeness (QED) is 0.498. The molecule has 1 atom stereocenters. The van der Waals surface area contributed by atoms with E-state index < -0.39 is 0 Å². The minimum Gasteiger partial charge on any atom is -0.305 e. The van der Waals surface area contributed by atoms with Crippen LogP contribution in [0.3, 0.4) is 0 Å². The molecule has 156 valence electrons. The van der Waals surface area contributed by atoms with Crippen molar-refractivity contribution in [3.63, 3.8) is 0 Å². The van der Waals surface area contributed by atoms with Crippen LogP contribution in [0.2, 0.25) is 0 Å². The molecule has 2 heterocycles. The fourth-order valence-electron chi connectivity index (χ4n) is 3.48. The number of benzene rings is 1. The summed E-state index contributed by atoms with van der Waals surface area (Å²) < 4.78 is 3.87. The van der Waals surface area contributed by atoms with E-state index in [0.717, 1.165) is 48.1 Å². The summed E-state index contributed by atoms with van der Waals surface area (Å²) in [5.74, 6) is 2.32. The lowest BCUT2D eigenvalue weighted by Gasteiger charge is -2.23. The second-order valence-corrected chi connectivity index (χ2v) is 8.37. The predicted octanol–water partition coefficient (Wildman–Crippen LogP) is 3.63. The van der Waals surface area contributed by atoms with E-state index in [1.165, 1.54) is 0 Å². The smallest absolute Gasteiger partial charge is 0.261 e. The standard InChI is InChI=1S/C21H30N6OS/c1-6-8-13-27-19(17(7-2)25(3)4)23-24-21(27)29-14-18-22-16-12-10-9-11-15(16)20(28)26(18)5/h9-12,17H,6-8,13-14H2,1-5H3. The number of para-hydroxylation sites is 1. The number of rotatable bonds is 9. The van der Waals surface area contributed by atoms with Crippen molar-refractivity contribution >= 4 is 22.7 Å². The molecule has 0 fully saturated rings. The second-order valence-electron chi connectivity index (χ2n) is 7.43. The molecule has 0 N–H and O–H groups in total. The maximum absolute atomic E-state index is 12.7. The Morgan fingerprint density at radius 3 is 2.62 bits per heavy atom. The van der Waals surface area contributed by atoms with Crippen LogP contribution >= 0.6 is 11.8 Å². The number of hydrogen-bond donors (Lipinski definition) is 0. The molecule has 3 aromatic rings. The Hall–Kier alpha value is -2.19. The number of aromatic nitrogens is 5. The second kappa shape index (κ2) is 9.54. The lowest BCUT2D eigenvalue weighted by atomic mass is 10.2. The fraction of sp³-hybridized carbons (Fsp3) is 0.524. The highest BCUT2D eigenvalue weighted by Crippen LogP contribution is 2.27. The predicted molar refractivity (Wildman–Crippen MR) is 118 cm³/mol. The van der Waals surface area contributed by atoms with Crippen LogP contribution in [0.4, 0.5) is 0 Å². The van der Waals surface area contributed by atoms with Gasteiger partial charge in [0, 0.05) is 13.6 Å². The SMILES string of the molecule is CCCCn1c(SCc2nc3ccccc3c(=O)n2C)nnc1C(CC)N(C)C. The number of thioether (sulfide) groups is 1. The summed E-state index contributed by atoms with van der Waals surface area (Å²) in [6.07, 6.45) is 3.17. The Bertz CT molecular complexity index is 1030. The van der Waals surface area contributed by atoms with Gasteiger partial charge in [-0.3, -0.25) is 14.3 Å². The summed E-state index contributed by atoms with van der Waals surface area (Å²) in [5, 5.41) is 10.5. The van der Waals surface area contributed by atoms with Gasteiger partial charge in [-0.15, -0.1) is 10.2 Å². The van der Waals surface area contributed by atoms with Gasteiger partial charge in [-0.1, -0.05) is 44.2 Å². The maximum Gasteiger partial charge on any atom is 0.261 e. The van der Waals surface area contributed by atoms with E-state index in [2.05, 4.69) is 47.6 Å². The van der Waals surface area contributed by atoms with E-state index in [9.17, 15) is 4.79 Å². The third-order valence-corrected chi connectivity index (χ3v) is 6.16. The van der Waals surface area contributed by atoms with Crippen LogP contribution in [0.25, 0.3) is 10.9 Å². The van der Waals surface area contributed by atoms with Gasteiger partial charge in [0.25, 0.3) is 5.56 Å². The van der Waals surface area contributed by atoms with Crippen molar-refractivity contribution < 1.29 is 0 Å². The largest absolute Gasteiger partial charge is 0.305 e. The minimum atomic E-state index is -0.0157. The molecule has 29 heavy (non-hydrogen) atoms. The van der Waals surface area contributed by atoms with Crippen LogP contribution in [0, 0.1) is 0 Å². The van der Waals surface area contributed by atoms with Gasteiger partial charge >= 0.3 is 0 Å². The zero-order chi connectivity index (χ0) is 21.0. The van der Waals surface area contributed by atoms with E-state index in [1.54, 1.807) is 23.4 Å². The van der Waals surface area contributed by atoms with Gasteiger partial charge in [0.05, 0.1) is 22.7 Å². The normalized spacial score (nSPS) is 12.8. The molecule has 0 aliphatic heterocycles. The average Bonchev–Trinajstić information content (AvgIpc) is 3.10. The molecule has 0 saturated carbocycles. The first-order valence-electron chi connectivity index (χ1n) is 10.1. The van der Waals surface area contributed by atoms with Crippen molar-refractivity contribution in [2.45, 2.75) is 56.6 Å². The van der Waals surface area contributed by atoms with Crippen LogP contribution in [-0.2, 0) is 19.3 Å². The Morgan fingerprint density at radius 1 is 1.17 bits per heavy atom. The van der Waals surface area contributed by atoms with Gasteiger partial charge in [-0.2, -0.15) is 0 Å². The summed E-state index contributed by atoms with van der Waals surface area (Å²) in [4.78, 5) is 19.5. The first-order chi connectivity index (χ1) is 14.0. The van der Waals surface area contributed by atoms with E-state index in [1.807, 2.05) is 24.3 Å². The van der Waals surface area contributed by atoms with Gasteiger partial charge in [0.2, 0.25) is 0 Å². The van der Waals surface area contributed by atoms with Crippen LogP contribution < -0.4 is 5.56 Å². The number of unbranched alkanes of at least 4 members (excludes halogenated alkanes) is 1. The topological polar surface area (TPSA) is 68.8 Å². The molecule has 3 rings (SSSR count). The van der Waals surface area contributed by atoms with Crippen molar-refractivity contribution in [2.24, 2.45) is 7.05 Å². The molecule has 0 spiro atoms. The molecular weight excluding hydrogens is 384 g/mol. The van der Waals surface area contributed by atoms with Gasteiger partial charge in [-0.05, 0) is 39.1 Å². The molecule has 1 aromatic carbocycles. The summed E-state index contributed by atoms with van der Waals surface area (Å²) in [6, 6.07) is 7.71. The molecule has 1 unspecified atom stereocenters. The zero-order valence-corrected chi connectivity index (χ0v) is 18.7. The van der Waals surface area contributed by atoms with Crippen molar-refractivity contribution in [2.75, 3.05) is 14.1 Å². The van der Waals surface area contributed by atoms with Gasteiger partial charge < -0.3 is 4.57 Å². The Balaban J connectivity index is 1.91. The molecule has 7 nitrogen and oxygen atoms in total. The molecule has 0 aliphatic carbocycles. The van der Waals surface area contributed by atoms with Gasteiger partial charge in [0.1, 0.15) is 5.82 Å². The summed E-state index contributed by atoms with van der Waals surface area (Å²) in [6.45, 7) is 5.26.